The fourth-order valence-electron chi connectivity index (χ4n) is 2.68. The minimum atomic E-state index is -0.635. The topological polar surface area (TPSA) is 47.6 Å². The number of hydrogen-bond acceptors (Lipinski definition) is 3. The van der Waals surface area contributed by atoms with Crippen LogP contribution < -0.4 is 14.8 Å². The molecule has 0 spiro atoms. The zero-order valence-electron chi connectivity index (χ0n) is 15.8. The smallest absolute Gasteiger partial charge is 0.265 e. The molecular weight excluding hydrogens is 374 g/mol. The van der Waals surface area contributed by atoms with Crippen LogP contribution in [0.25, 0.3) is 0 Å². The molecule has 0 saturated carbocycles. The van der Waals surface area contributed by atoms with E-state index in [1.54, 1.807) is 18.2 Å². The van der Waals surface area contributed by atoms with Crippen LogP contribution in [0, 0.1) is 6.92 Å². The van der Waals surface area contributed by atoms with E-state index in [2.05, 4.69) is 5.32 Å². The van der Waals surface area contributed by atoms with Crippen molar-refractivity contribution >= 4 is 23.2 Å². The molecule has 5 heteroatoms. The number of halogens is 1. The van der Waals surface area contributed by atoms with Crippen LogP contribution in [0.1, 0.15) is 18.9 Å². The van der Waals surface area contributed by atoms with Crippen LogP contribution in [0.3, 0.4) is 0 Å². The molecule has 3 aromatic rings. The fraction of sp³-hybridized carbons (Fsp3) is 0.174. The molecule has 0 bridgehead atoms. The second kappa shape index (κ2) is 9.29. The predicted octanol–water partition coefficient (Wildman–Crippen LogP) is 6.24. The highest BCUT2D eigenvalue weighted by Crippen LogP contribution is 2.32. The highest BCUT2D eigenvalue weighted by Gasteiger charge is 2.21. The monoisotopic (exact) mass is 395 g/mol. The number of amides is 1. The Labute approximate surface area is 170 Å². The van der Waals surface area contributed by atoms with Crippen LogP contribution in [0.4, 0.5) is 5.69 Å². The zero-order valence-corrected chi connectivity index (χ0v) is 16.6. The van der Waals surface area contributed by atoms with Crippen molar-refractivity contribution in [3.63, 3.8) is 0 Å². The maximum atomic E-state index is 12.8. The van der Waals surface area contributed by atoms with E-state index in [4.69, 9.17) is 21.1 Å². The average molecular weight is 396 g/mol. The van der Waals surface area contributed by atoms with Gasteiger partial charge in [-0.1, -0.05) is 54.9 Å². The summed E-state index contributed by atoms with van der Waals surface area (Å²) in [6.07, 6.45) is -0.111. The largest absolute Gasteiger partial charge is 0.480 e. The Morgan fingerprint density at radius 2 is 1.71 bits per heavy atom. The van der Waals surface area contributed by atoms with E-state index in [-0.39, 0.29) is 5.91 Å². The van der Waals surface area contributed by atoms with Crippen molar-refractivity contribution in [3.8, 4) is 17.2 Å². The molecule has 0 unspecified atom stereocenters. The summed E-state index contributed by atoms with van der Waals surface area (Å²) in [5.74, 6) is 1.61. The molecule has 0 aliphatic heterocycles. The highest BCUT2D eigenvalue weighted by molar-refractivity contribution is 6.31. The number of rotatable bonds is 7. The van der Waals surface area contributed by atoms with Crippen LogP contribution in [0.5, 0.6) is 17.2 Å². The summed E-state index contributed by atoms with van der Waals surface area (Å²) in [5.41, 5.74) is 1.47. The summed E-state index contributed by atoms with van der Waals surface area (Å²) in [6.45, 7) is 3.85. The van der Waals surface area contributed by atoms with Gasteiger partial charge in [-0.3, -0.25) is 4.79 Å². The minimum absolute atomic E-state index is 0.258. The van der Waals surface area contributed by atoms with Crippen molar-refractivity contribution in [2.24, 2.45) is 0 Å². The zero-order chi connectivity index (χ0) is 19.9. The van der Waals surface area contributed by atoms with Gasteiger partial charge in [0, 0.05) is 5.02 Å². The number of ether oxygens (including phenoxy) is 2. The van der Waals surface area contributed by atoms with Gasteiger partial charge in [-0.2, -0.15) is 0 Å². The lowest BCUT2D eigenvalue weighted by molar-refractivity contribution is -0.122. The molecule has 0 heterocycles. The van der Waals surface area contributed by atoms with Gasteiger partial charge in [-0.15, -0.1) is 0 Å². The molecule has 0 fully saturated rings. The van der Waals surface area contributed by atoms with E-state index in [9.17, 15) is 4.79 Å². The molecule has 0 aliphatic rings. The third kappa shape index (κ3) is 5.05. The van der Waals surface area contributed by atoms with E-state index >= 15 is 0 Å². The molecule has 0 saturated heterocycles. The molecule has 1 atom stereocenters. The van der Waals surface area contributed by atoms with Crippen LogP contribution in [-0.4, -0.2) is 12.0 Å². The first-order chi connectivity index (χ1) is 13.6. The molecule has 4 nitrogen and oxygen atoms in total. The lowest BCUT2D eigenvalue weighted by Crippen LogP contribution is -2.32. The number of carbonyl (C=O) groups excluding carboxylic acids is 1. The number of aryl methyl sites for hydroxylation is 1. The summed E-state index contributed by atoms with van der Waals surface area (Å²) < 4.78 is 11.8. The van der Waals surface area contributed by atoms with Crippen molar-refractivity contribution in [1.29, 1.82) is 0 Å². The van der Waals surface area contributed by atoms with Gasteiger partial charge in [0.25, 0.3) is 5.91 Å². The summed E-state index contributed by atoms with van der Waals surface area (Å²) in [5, 5.41) is 3.39. The molecule has 0 radical (unpaired) electrons. The first kappa shape index (κ1) is 19.8. The summed E-state index contributed by atoms with van der Waals surface area (Å²) in [6, 6.07) is 22.1. The van der Waals surface area contributed by atoms with Crippen molar-refractivity contribution in [1.82, 2.24) is 0 Å². The fourth-order valence-corrected chi connectivity index (χ4v) is 2.85. The second-order valence-electron chi connectivity index (χ2n) is 6.33. The predicted molar refractivity (Wildman–Crippen MR) is 112 cm³/mol. The summed E-state index contributed by atoms with van der Waals surface area (Å²) in [4.78, 5) is 12.8. The normalized spacial score (nSPS) is 11.5. The number of carbonyl (C=O) groups is 1. The first-order valence-electron chi connectivity index (χ1n) is 9.12. The average Bonchev–Trinajstić information content (AvgIpc) is 2.70. The van der Waals surface area contributed by atoms with Crippen LogP contribution in [-0.2, 0) is 4.79 Å². The van der Waals surface area contributed by atoms with Crippen molar-refractivity contribution in [2.75, 3.05) is 5.32 Å². The van der Waals surface area contributed by atoms with Gasteiger partial charge in [0.2, 0.25) is 0 Å². The highest BCUT2D eigenvalue weighted by atomic mass is 35.5. The number of hydrogen-bond donors (Lipinski definition) is 1. The van der Waals surface area contributed by atoms with Crippen molar-refractivity contribution in [3.05, 3.63) is 83.4 Å². The molecule has 1 amide bonds. The number of para-hydroxylation sites is 2. The van der Waals surface area contributed by atoms with E-state index < -0.39 is 6.10 Å². The minimum Gasteiger partial charge on any atom is -0.480 e. The van der Waals surface area contributed by atoms with Crippen LogP contribution >= 0.6 is 11.6 Å². The third-order valence-electron chi connectivity index (χ3n) is 4.20. The lowest BCUT2D eigenvalue weighted by atomic mass is 10.2. The summed E-state index contributed by atoms with van der Waals surface area (Å²) in [7, 11) is 0. The van der Waals surface area contributed by atoms with Gasteiger partial charge in [-0.05, 0) is 55.3 Å². The molecule has 0 aliphatic carbocycles. The Hall–Kier alpha value is -2.98. The third-order valence-corrected chi connectivity index (χ3v) is 4.43. The molecular formula is C23H22ClNO3. The SMILES string of the molecule is CC[C@H](Oc1ccccc1C)C(=O)Nc1cc(Cl)ccc1Oc1ccccc1. The van der Waals surface area contributed by atoms with E-state index in [1.165, 1.54) is 0 Å². The Kier molecular flexibility index (Phi) is 6.56. The van der Waals surface area contributed by atoms with Crippen molar-refractivity contribution < 1.29 is 14.3 Å². The van der Waals surface area contributed by atoms with Gasteiger partial charge < -0.3 is 14.8 Å². The van der Waals surface area contributed by atoms with Gasteiger partial charge in [0.1, 0.15) is 11.5 Å². The Morgan fingerprint density at radius 3 is 2.43 bits per heavy atom. The van der Waals surface area contributed by atoms with Gasteiger partial charge in [0.05, 0.1) is 5.69 Å². The van der Waals surface area contributed by atoms with E-state index in [0.717, 1.165) is 5.56 Å². The molecule has 28 heavy (non-hydrogen) atoms. The van der Waals surface area contributed by atoms with E-state index in [0.29, 0.717) is 34.4 Å². The standard InChI is InChI=1S/C23H22ClNO3/c1-3-20(28-21-12-8-7-9-16(21)2)23(26)25-19-15-17(24)13-14-22(19)27-18-10-5-4-6-11-18/h4-15,20H,3H2,1-2H3,(H,25,26)/t20-/m0/s1. The molecule has 1 N–H and O–H groups in total. The van der Waals surface area contributed by atoms with Crippen molar-refractivity contribution in [2.45, 2.75) is 26.4 Å². The Bertz CT molecular complexity index is 944. The van der Waals surface area contributed by atoms with E-state index in [1.807, 2.05) is 68.4 Å². The van der Waals surface area contributed by atoms with Gasteiger partial charge >= 0.3 is 0 Å². The molecule has 0 aromatic heterocycles. The number of nitrogens with one attached hydrogen (secondary N) is 1. The Balaban J connectivity index is 1.78. The molecule has 3 rings (SSSR count). The molecule has 3 aromatic carbocycles. The first-order valence-corrected chi connectivity index (χ1v) is 9.50. The molecule has 144 valence electrons. The maximum Gasteiger partial charge on any atom is 0.265 e. The van der Waals surface area contributed by atoms with Gasteiger partial charge in [-0.25, -0.2) is 0 Å². The Morgan fingerprint density at radius 1 is 1.00 bits per heavy atom. The van der Waals surface area contributed by atoms with Gasteiger partial charge in [0.15, 0.2) is 11.9 Å². The number of anilines is 1. The van der Waals surface area contributed by atoms with Crippen LogP contribution in [0.15, 0.2) is 72.8 Å². The second-order valence-corrected chi connectivity index (χ2v) is 6.76. The summed E-state index contributed by atoms with van der Waals surface area (Å²) >= 11 is 6.13. The maximum absolute atomic E-state index is 12.8. The van der Waals surface area contributed by atoms with Crippen LogP contribution in [0.2, 0.25) is 5.02 Å². The quantitative estimate of drug-likeness (QED) is 0.515. The lowest BCUT2D eigenvalue weighted by Gasteiger charge is -2.20. The number of benzene rings is 3.